The first-order chi connectivity index (χ1) is 13.1. The van der Waals surface area contributed by atoms with E-state index in [-0.39, 0.29) is 18.0 Å². The number of rotatable bonds is 4. The predicted molar refractivity (Wildman–Crippen MR) is 104 cm³/mol. The van der Waals surface area contributed by atoms with Crippen LogP contribution >= 0.6 is 0 Å². The molecule has 2 aromatic heterocycles. The molecule has 8 nitrogen and oxygen atoms in total. The van der Waals surface area contributed by atoms with Crippen molar-refractivity contribution in [2.24, 2.45) is 5.92 Å². The first-order valence-corrected chi connectivity index (χ1v) is 9.16. The standard InChI is InChI=1S/C19H22N6O2/c1-13-8-10-24(11-9-13)16-6-7-18(27)25(23-16)12-17(26)22-19-20-14-4-2-3-5-15(14)21-19/h2-7,13H,8-12H2,1H3,(H2,20,21,22,26). The van der Waals surface area contributed by atoms with Crippen LogP contribution in [0.15, 0.2) is 41.2 Å². The van der Waals surface area contributed by atoms with Crippen molar-refractivity contribution in [2.45, 2.75) is 26.3 Å². The molecule has 1 aromatic carbocycles. The second kappa shape index (κ2) is 7.22. The molecule has 0 aliphatic carbocycles. The number of nitrogens with zero attached hydrogens (tertiary/aromatic N) is 4. The summed E-state index contributed by atoms with van der Waals surface area (Å²) in [5.74, 6) is 1.45. The first-order valence-electron chi connectivity index (χ1n) is 9.16. The number of carbonyl (C=O) groups is 1. The topological polar surface area (TPSA) is 95.9 Å². The Labute approximate surface area is 156 Å². The number of piperidine rings is 1. The maximum absolute atomic E-state index is 12.4. The van der Waals surface area contributed by atoms with Gasteiger partial charge in [0.25, 0.3) is 5.56 Å². The summed E-state index contributed by atoms with van der Waals surface area (Å²) in [6.07, 6.45) is 2.21. The number of H-pyrrole nitrogens is 1. The highest BCUT2D eigenvalue weighted by Gasteiger charge is 2.18. The van der Waals surface area contributed by atoms with Gasteiger partial charge in [-0.3, -0.25) is 14.9 Å². The van der Waals surface area contributed by atoms with Crippen molar-refractivity contribution >= 4 is 28.7 Å². The molecule has 4 rings (SSSR count). The maximum atomic E-state index is 12.4. The van der Waals surface area contributed by atoms with Gasteiger partial charge in [-0.05, 0) is 37.0 Å². The van der Waals surface area contributed by atoms with Crippen LogP contribution in [0, 0.1) is 5.92 Å². The van der Waals surface area contributed by atoms with Gasteiger partial charge in [0.05, 0.1) is 11.0 Å². The lowest BCUT2D eigenvalue weighted by Gasteiger charge is -2.31. The molecule has 0 bridgehead atoms. The van der Waals surface area contributed by atoms with E-state index < -0.39 is 0 Å². The highest BCUT2D eigenvalue weighted by atomic mass is 16.2. The minimum Gasteiger partial charge on any atom is -0.355 e. The molecular formula is C19H22N6O2. The van der Waals surface area contributed by atoms with E-state index >= 15 is 0 Å². The van der Waals surface area contributed by atoms with Crippen molar-refractivity contribution in [3.8, 4) is 0 Å². The number of hydrogen-bond donors (Lipinski definition) is 2. The summed E-state index contributed by atoms with van der Waals surface area (Å²) >= 11 is 0. The number of nitrogens with one attached hydrogen (secondary N) is 2. The van der Waals surface area contributed by atoms with E-state index in [4.69, 9.17) is 0 Å². The highest BCUT2D eigenvalue weighted by Crippen LogP contribution is 2.20. The fraction of sp³-hybridized carbons (Fsp3) is 0.368. The average Bonchev–Trinajstić information content (AvgIpc) is 3.06. The third-order valence-electron chi connectivity index (χ3n) is 4.90. The first kappa shape index (κ1) is 17.3. The van der Waals surface area contributed by atoms with E-state index in [0.29, 0.717) is 11.9 Å². The molecule has 0 atom stereocenters. The van der Waals surface area contributed by atoms with Crippen molar-refractivity contribution in [2.75, 3.05) is 23.3 Å². The number of para-hydroxylation sites is 2. The Kier molecular flexibility index (Phi) is 4.62. The zero-order valence-electron chi connectivity index (χ0n) is 15.2. The van der Waals surface area contributed by atoms with Crippen LogP contribution in [-0.2, 0) is 11.3 Å². The van der Waals surface area contributed by atoms with Crippen molar-refractivity contribution in [1.29, 1.82) is 0 Å². The molecule has 0 radical (unpaired) electrons. The molecule has 1 fully saturated rings. The molecular weight excluding hydrogens is 344 g/mol. The van der Waals surface area contributed by atoms with Gasteiger partial charge in [-0.2, -0.15) is 5.10 Å². The van der Waals surface area contributed by atoms with Crippen molar-refractivity contribution in [1.82, 2.24) is 19.7 Å². The summed E-state index contributed by atoms with van der Waals surface area (Å²) < 4.78 is 1.20. The van der Waals surface area contributed by atoms with E-state index in [9.17, 15) is 9.59 Å². The SMILES string of the molecule is CC1CCN(c2ccc(=O)n(CC(=O)Nc3nc4ccccc4[nH]3)n2)CC1. The van der Waals surface area contributed by atoms with E-state index in [0.717, 1.165) is 42.8 Å². The minimum absolute atomic E-state index is 0.159. The summed E-state index contributed by atoms with van der Waals surface area (Å²) in [7, 11) is 0. The van der Waals surface area contributed by atoms with Gasteiger partial charge in [0.2, 0.25) is 11.9 Å². The molecule has 2 N–H and O–H groups in total. The number of fused-ring (bicyclic) bond motifs is 1. The number of aromatic amines is 1. The Morgan fingerprint density at radius 3 is 2.78 bits per heavy atom. The Bertz CT molecular complexity index is 983. The van der Waals surface area contributed by atoms with Crippen molar-refractivity contribution in [3.05, 3.63) is 46.8 Å². The second-order valence-corrected chi connectivity index (χ2v) is 7.01. The van der Waals surface area contributed by atoms with Crippen LogP contribution in [-0.4, -0.2) is 38.7 Å². The third-order valence-corrected chi connectivity index (χ3v) is 4.90. The van der Waals surface area contributed by atoms with Crippen LogP contribution in [0.5, 0.6) is 0 Å². The minimum atomic E-state index is -0.354. The van der Waals surface area contributed by atoms with Gasteiger partial charge in [-0.1, -0.05) is 19.1 Å². The molecule has 0 spiro atoms. The van der Waals surface area contributed by atoms with E-state index in [1.165, 1.54) is 10.7 Å². The number of carbonyl (C=O) groups excluding carboxylic acids is 1. The Morgan fingerprint density at radius 2 is 2.00 bits per heavy atom. The lowest BCUT2D eigenvalue weighted by molar-refractivity contribution is -0.117. The smallest absolute Gasteiger partial charge is 0.267 e. The monoisotopic (exact) mass is 366 g/mol. The summed E-state index contributed by atoms with van der Waals surface area (Å²) in [4.78, 5) is 34.0. The molecule has 3 aromatic rings. The van der Waals surface area contributed by atoms with Crippen LogP contribution in [0.2, 0.25) is 0 Å². The quantitative estimate of drug-likeness (QED) is 0.736. The lowest BCUT2D eigenvalue weighted by Crippen LogP contribution is -2.36. The van der Waals surface area contributed by atoms with Crippen molar-refractivity contribution < 1.29 is 4.79 Å². The Balaban J connectivity index is 1.47. The van der Waals surface area contributed by atoms with Crippen molar-refractivity contribution in [3.63, 3.8) is 0 Å². The number of hydrogen-bond acceptors (Lipinski definition) is 5. The fourth-order valence-corrected chi connectivity index (χ4v) is 3.28. The Morgan fingerprint density at radius 1 is 1.22 bits per heavy atom. The fourth-order valence-electron chi connectivity index (χ4n) is 3.28. The lowest BCUT2D eigenvalue weighted by atomic mass is 9.99. The van der Waals surface area contributed by atoms with Gasteiger partial charge in [0, 0.05) is 19.2 Å². The number of anilines is 2. The normalized spacial score (nSPS) is 15.2. The van der Waals surface area contributed by atoms with E-state index in [1.54, 1.807) is 6.07 Å². The number of amides is 1. The summed E-state index contributed by atoms with van der Waals surface area (Å²) in [5.41, 5.74) is 1.30. The average molecular weight is 366 g/mol. The summed E-state index contributed by atoms with van der Waals surface area (Å²) in [5, 5.41) is 7.08. The second-order valence-electron chi connectivity index (χ2n) is 7.01. The highest BCUT2D eigenvalue weighted by molar-refractivity contribution is 5.90. The van der Waals surface area contributed by atoms with Gasteiger partial charge < -0.3 is 9.88 Å². The van der Waals surface area contributed by atoms with Crippen LogP contribution < -0.4 is 15.8 Å². The molecule has 3 heterocycles. The molecule has 1 amide bonds. The molecule has 140 valence electrons. The van der Waals surface area contributed by atoms with Gasteiger partial charge >= 0.3 is 0 Å². The van der Waals surface area contributed by atoms with Crippen LogP contribution in [0.1, 0.15) is 19.8 Å². The Hall–Kier alpha value is -3.16. The molecule has 1 aliphatic heterocycles. The summed E-state index contributed by atoms with van der Waals surface area (Å²) in [6.45, 7) is 3.91. The van der Waals surface area contributed by atoms with E-state index in [2.05, 4.69) is 32.2 Å². The van der Waals surface area contributed by atoms with Crippen LogP contribution in [0.25, 0.3) is 11.0 Å². The number of benzene rings is 1. The van der Waals surface area contributed by atoms with Gasteiger partial charge in [0.1, 0.15) is 12.4 Å². The zero-order valence-corrected chi connectivity index (χ0v) is 15.2. The van der Waals surface area contributed by atoms with Crippen LogP contribution in [0.4, 0.5) is 11.8 Å². The van der Waals surface area contributed by atoms with E-state index in [1.807, 2.05) is 24.3 Å². The predicted octanol–water partition coefficient (Wildman–Crippen LogP) is 1.99. The van der Waals surface area contributed by atoms with Gasteiger partial charge in [0.15, 0.2) is 0 Å². The molecule has 8 heteroatoms. The molecule has 1 aliphatic rings. The van der Waals surface area contributed by atoms with Gasteiger partial charge in [-0.15, -0.1) is 0 Å². The number of aromatic nitrogens is 4. The third kappa shape index (κ3) is 3.84. The molecule has 0 unspecified atom stereocenters. The number of imidazole rings is 1. The molecule has 27 heavy (non-hydrogen) atoms. The van der Waals surface area contributed by atoms with Gasteiger partial charge in [-0.25, -0.2) is 9.67 Å². The zero-order chi connectivity index (χ0) is 18.8. The maximum Gasteiger partial charge on any atom is 0.267 e. The van der Waals surface area contributed by atoms with Crippen LogP contribution in [0.3, 0.4) is 0 Å². The molecule has 0 saturated carbocycles. The summed E-state index contributed by atoms with van der Waals surface area (Å²) in [6, 6.07) is 10.7. The molecule has 1 saturated heterocycles. The largest absolute Gasteiger partial charge is 0.355 e.